The Labute approximate surface area is 104 Å². The van der Waals surface area contributed by atoms with E-state index >= 15 is 0 Å². The van der Waals surface area contributed by atoms with Gasteiger partial charge in [-0.05, 0) is 30.5 Å². The topological polar surface area (TPSA) is 60.2 Å². The Bertz CT molecular complexity index is 494. The number of rotatable bonds is 4. The predicted molar refractivity (Wildman–Crippen MR) is 61.7 cm³/mol. The maximum atomic E-state index is 12.3. The summed E-state index contributed by atoms with van der Waals surface area (Å²) in [5.74, 6) is 0. The highest BCUT2D eigenvalue weighted by atomic mass is 32.2. The average molecular weight is 281 g/mol. The highest BCUT2D eigenvalue weighted by Crippen LogP contribution is 2.30. The quantitative estimate of drug-likeness (QED) is 0.921. The van der Waals surface area contributed by atoms with Crippen molar-refractivity contribution in [1.29, 1.82) is 0 Å². The fraction of sp³-hybridized carbons (Fsp3) is 0.455. The monoisotopic (exact) mass is 281 g/mol. The average Bonchev–Trinajstić information content (AvgIpc) is 2.28. The summed E-state index contributed by atoms with van der Waals surface area (Å²) in [6.45, 7) is 1.90. The molecule has 0 heterocycles. The van der Waals surface area contributed by atoms with E-state index in [0.717, 1.165) is 18.6 Å². The second kappa shape index (κ2) is 5.27. The molecule has 0 saturated carbocycles. The number of alkyl halides is 3. The van der Waals surface area contributed by atoms with Crippen molar-refractivity contribution in [3.05, 3.63) is 29.8 Å². The van der Waals surface area contributed by atoms with Crippen LogP contribution in [0.25, 0.3) is 0 Å². The third-order valence-electron chi connectivity index (χ3n) is 2.56. The first-order valence-electron chi connectivity index (χ1n) is 5.34. The molecule has 102 valence electrons. The zero-order valence-electron chi connectivity index (χ0n) is 9.74. The molecule has 1 aromatic carbocycles. The first-order valence-corrected chi connectivity index (χ1v) is 6.82. The lowest BCUT2D eigenvalue weighted by atomic mass is 10.1. The zero-order chi connectivity index (χ0) is 14.0. The summed E-state index contributed by atoms with van der Waals surface area (Å²) in [5.41, 5.74) is 1.14. The normalized spacial score (nSPS) is 14.5. The lowest BCUT2D eigenvalue weighted by molar-refractivity contribution is -0.0436. The molecule has 0 saturated heterocycles. The number of sulfone groups is 1. The predicted octanol–water partition coefficient (Wildman–Crippen LogP) is 2.26. The largest absolute Gasteiger partial charge is 0.501 e. The first kappa shape index (κ1) is 15.0. The molecule has 0 bridgehead atoms. The minimum atomic E-state index is -5.27. The van der Waals surface area contributed by atoms with Gasteiger partial charge >= 0.3 is 5.51 Å². The van der Waals surface area contributed by atoms with E-state index < -0.39 is 20.2 Å². The van der Waals surface area contributed by atoms with E-state index in [1.807, 2.05) is 6.92 Å². The van der Waals surface area contributed by atoms with Crippen LogP contribution in [0.4, 0.5) is 13.2 Å². The minimum Gasteiger partial charge on any atom is -0.327 e. The number of hydrogen-bond donors (Lipinski definition) is 1. The second-order valence-electron chi connectivity index (χ2n) is 3.97. The molecule has 1 atom stereocenters. The smallest absolute Gasteiger partial charge is 0.327 e. The van der Waals surface area contributed by atoms with Crippen molar-refractivity contribution >= 4 is 9.84 Å². The van der Waals surface area contributed by atoms with Crippen LogP contribution in [-0.2, 0) is 16.3 Å². The van der Waals surface area contributed by atoms with Gasteiger partial charge in [0.25, 0.3) is 9.84 Å². The fourth-order valence-corrected chi connectivity index (χ4v) is 2.15. The molecule has 0 aliphatic carbocycles. The molecule has 0 spiro atoms. The molecule has 18 heavy (non-hydrogen) atoms. The van der Waals surface area contributed by atoms with E-state index in [-0.39, 0.29) is 6.04 Å². The van der Waals surface area contributed by atoms with Crippen LogP contribution in [0.1, 0.15) is 18.9 Å². The van der Waals surface area contributed by atoms with Crippen LogP contribution in [0.15, 0.2) is 29.2 Å². The third-order valence-corrected chi connectivity index (χ3v) is 4.06. The molecule has 0 fully saturated rings. The molecular weight excluding hydrogens is 267 g/mol. The van der Waals surface area contributed by atoms with Crippen LogP contribution in [-0.4, -0.2) is 20.0 Å². The standard InChI is InChI=1S/C11H14F3NO2S/c1-2-9(15)7-8-3-5-10(6-4-8)18(16,17)11(12,13)14/h3-6,9H,2,7,15H2,1H3. The fourth-order valence-electron chi connectivity index (χ4n) is 1.39. The van der Waals surface area contributed by atoms with Gasteiger partial charge in [-0.15, -0.1) is 0 Å². The van der Waals surface area contributed by atoms with E-state index in [4.69, 9.17) is 5.73 Å². The summed E-state index contributed by atoms with van der Waals surface area (Å²) in [6.07, 6.45) is 1.24. The summed E-state index contributed by atoms with van der Waals surface area (Å²) in [7, 11) is -5.26. The van der Waals surface area contributed by atoms with E-state index in [1.54, 1.807) is 0 Å². The van der Waals surface area contributed by atoms with Crippen molar-refractivity contribution in [3.63, 3.8) is 0 Å². The van der Waals surface area contributed by atoms with E-state index in [2.05, 4.69) is 0 Å². The van der Waals surface area contributed by atoms with Crippen LogP contribution in [0, 0.1) is 0 Å². The summed E-state index contributed by atoms with van der Waals surface area (Å²) in [5, 5.41) is 0. The van der Waals surface area contributed by atoms with Gasteiger partial charge in [0.15, 0.2) is 0 Å². The van der Waals surface area contributed by atoms with E-state index in [1.165, 1.54) is 12.1 Å². The SMILES string of the molecule is CCC(N)Cc1ccc(S(=O)(=O)C(F)(F)F)cc1. The second-order valence-corrected chi connectivity index (χ2v) is 5.91. The molecule has 0 aromatic heterocycles. The number of benzene rings is 1. The molecule has 0 radical (unpaired) electrons. The Morgan fingerprint density at radius 2 is 1.72 bits per heavy atom. The van der Waals surface area contributed by atoms with Crippen molar-refractivity contribution in [2.75, 3.05) is 0 Å². The number of nitrogens with two attached hydrogens (primary N) is 1. The highest BCUT2D eigenvalue weighted by Gasteiger charge is 2.46. The van der Waals surface area contributed by atoms with Gasteiger partial charge in [0, 0.05) is 6.04 Å². The van der Waals surface area contributed by atoms with E-state index in [9.17, 15) is 21.6 Å². The van der Waals surface area contributed by atoms with Crippen LogP contribution >= 0.6 is 0 Å². The van der Waals surface area contributed by atoms with Gasteiger partial charge in [-0.2, -0.15) is 13.2 Å². The summed E-state index contributed by atoms with van der Waals surface area (Å²) >= 11 is 0. The summed E-state index contributed by atoms with van der Waals surface area (Å²) in [4.78, 5) is -0.746. The minimum absolute atomic E-state index is 0.0879. The van der Waals surface area contributed by atoms with Gasteiger partial charge in [0.2, 0.25) is 0 Å². The molecular formula is C11H14F3NO2S. The van der Waals surface area contributed by atoms with Crippen LogP contribution in [0.2, 0.25) is 0 Å². The molecule has 2 N–H and O–H groups in total. The van der Waals surface area contributed by atoms with Crippen molar-refractivity contribution in [1.82, 2.24) is 0 Å². The molecule has 0 aliphatic rings. The van der Waals surface area contributed by atoms with Crippen molar-refractivity contribution in [3.8, 4) is 0 Å². The molecule has 0 aliphatic heterocycles. The van der Waals surface area contributed by atoms with Gasteiger partial charge in [0.1, 0.15) is 0 Å². The van der Waals surface area contributed by atoms with Crippen LogP contribution in [0.5, 0.6) is 0 Å². The Balaban J connectivity index is 2.97. The molecule has 0 amide bonds. The first-order chi connectivity index (χ1) is 8.18. The maximum absolute atomic E-state index is 12.3. The molecule has 3 nitrogen and oxygen atoms in total. The molecule has 1 rings (SSSR count). The lowest BCUT2D eigenvalue weighted by Gasteiger charge is -2.10. The Hall–Kier alpha value is -1.08. The van der Waals surface area contributed by atoms with Gasteiger partial charge in [-0.1, -0.05) is 19.1 Å². The van der Waals surface area contributed by atoms with Crippen molar-refractivity contribution < 1.29 is 21.6 Å². The van der Waals surface area contributed by atoms with Crippen molar-refractivity contribution in [2.24, 2.45) is 5.73 Å². The number of hydrogen-bond acceptors (Lipinski definition) is 3. The van der Waals surface area contributed by atoms with Gasteiger partial charge < -0.3 is 5.73 Å². The lowest BCUT2D eigenvalue weighted by Crippen LogP contribution is -2.23. The summed E-state index contributed by atoms with van der Waals surface area (Å²) < 4.78 is 59.0. The van der Waals surface area contributed by atoms with Crippen LogP contribution in [0.3, 0.4) is 0 Å². The Morgan fingerprint density at radius 3 is 2.11 bits per heavy atom. The van der Waals surface area contributed by atoms with Crippen LogP contribution < -0.4 is 5.73 Å². The zero-order valence-corrected chi connectivity index (χ0v) is 10.6. The Morgan fingerprint density at radius 1 is 1.22 bits per heavy atom. The van der Waals surface area contributed by atoms with Gasteiger partial charge in [0.05, 0.1) is 4.90 Å². The highest BCUT2D eigenvalue weighted by molar-refractivity contribution is 7.92. The van der Waals surface area contributed by atoms with Gasteiger partial charge in [-0.25, -0.2) is 8.42 Å². The summed E-state index contributed by atoms with van der Waals surface area (Å²) in [6, 6.07) is 4.54. The van der Waals surface area contributed by atoms with E-state index in [0.29, 0.717) is 12.0 Å². The van der Waals surface area contributed by atoms with Crippen molar-refractivity contribution in [2.45, 2.75) is 36.2 Å². The molecule has 1 aromatic rings. The number of halogens is 3. The third kappa shape index (κ3) is 3.23. The maximum Gasteiger partial charge on any atom is 0.501 e. The van der Waals surface area contributed by atoms with Gasteiger partial charge in [-0.3, -0.25) is 0 Å². The molecule has 7 heteroatoms. The molecule has 1 unspecified atom stereocenters. The Kier molecular flexibility index (Phi) is 4.39.